The zero-order chi connectivity index (χ0) is 20.1. The summed E-state index contributed by atoms with van der Waals surface area (Å²) in [6.45, 7) is 2.05. The van der Waals surface area contributed by atoms with E-state index in [9.17, 15) is 0 Å². The summed E-state index contributed by atoms with van der Waals surface area (Å²) in [4.78, 5) is 9.47. The molecule has 5 heteroatoms. The Labute approximate surface area is 174 Å². The molecule has 0 atom stereocenters. The quantitative estimate of drug-likeness (QED) is 0.264. The maximum Gasteiger partial charge on any atom is 0.173 e. The first-order valence-corrected chi connectivity index (χ1v) is 9.62. The lowest BCUT2D eigenvalue weighted by Gasteiger charge is -2.07. The summed E-state index contributed by atoms with van der Waals surface area (Å²) in [6.07, 6.45) is 1.67. The number of hydrazone groups is 1. The molecule has 0 bridgehead atoms. The smallest absolute Gasteiger partial charge is 0.173 e. The fourth-order valence-electron chi connectivity index (χ4n) is 2.83. The van der Waals surface area contributed by atoms with Crippen LogP contribution in [-0.4, -0.2) is 17.0 Å². The Kier molecular flexibility index (Phi) is 5.63. The Hall–Kier alpha value is -3.50. The third kappa shape index (κ3) is 4.68. The highest BCUT2D eigenvalue weighted by molar-refractivity contribution is 6.33. The number of hydrogen-bond donors (Lipinski definition) is 1. The first-order valence-electron chi connectivity index (χ1n) is 9.24. The van der Waals surface area contributed by atoms with Crippen molar-refractivity contribution in [3.8, 4) is 0 Å². The molecule has 142 valence electrons. The average molecular weight is 399 g/mol. The van der Waals surface area contributed by atoms with E-state index in [-0.39, 0.29) is 0 Å². The molecule has 1 heterocycles. The first kappa shape index (κ1) is 18.8. The minimum Gasteiger partial charge on any atom is -0.260 e. The lowest BCUT2D eigenvalue weighted by Crippen LogP contribution is -2.20. The van der Waals surface area contributed by atoms with Crippen LogP contribution in [0.25, 0.3) is 10.9 Å². The monoisotopic (exact) mass is 398 g/mol. The number of nitrogens with one attached hydrogen (secondary N) is 1. The van der Waals surface area contributed by atoms with Gasteiger partial charge in [0, 0.05) is 16.0 Å². The number of rotatable bonds is 4. The molecule has 0 aliphatic rings. The van der Waals surface area contributed by atoms with Gasteiger partial charge in [0.15, 0.2) is 5.84 Å². The molecule has 0 spiro atoms. The third-order valence-electron chi connectivity index (χ3n) is 4.40. The highest BCUT2D eigenvalue weighted by Gasteiger charge is 2.07. The number of benzene rings is 3. The summed E-state index contributed by atoms with van der Waals surface area (Å²) >= 11 is 6.20. The van der Waals surface area contributed by atoms with Gasteiger partial charge in [0.1, 0.15) is 5.69 Å². The molecule has 0 radical (unpaired) electrons. The second-order valence-corrected chi connectivity index (χ2v) is 6.98. The van der Waals surface area contributed by atoms with Gasteiger partial charge in [0.25, 0.3) is 0 Å². The van der Waals surface area contributed by atoms with E-state index in [1.165, 1.54) is 5.56 Å². The van der Waals surface area contributed by atoms with Crippen molar-refractivity contribution in [3.05, 3.63) is 107 Å². The van der Waals surface area contributed by atoms with E-state index in [2.05, 4.69) is 10.5 Å². The highest BCUT2D eigenvalue weighted by atomic mass is 35.5. The fourth-order valence-corrected chi connectivity index (χ4v) is 3.01. The van der Waals surface area contributed by atoms with Gasteiger partial charge in [-0.2, -0.15) is 5.10 Å². The molecule has 1 N–H and O–H groups in total. The van der Waals surface area contributed by atoms with Gasteiger partial charge >= 0.3 is 0 Å². The van der Waals surface area contributed by atoms with E-state index < -0.39 is 0 Å². The third-order valence-corrected chi connectivity index (χ3v) is 4.74. The molecule has 0 aliphatic heterocycles. The summed E-state index contributed by atoms with van der Waals surface area (Å²) in [5.74, 6) is 0.558. The van der Waals surface area contributed by atoms with Crippen molar-refractivity contribution < 1.29 is 0 Å². The second-order valence-electron chi connectivity index (χ2n) is 6.58. The van der Waals surface area contributed by atoms with Gasteiger partial charge in [0.2, 0.25) is 0 Å². The SMILES string of the molecule is Cc1ccc(N=C(NN=Cc2ccccc2Cl)c2ccc3ccccc3n2)cc1. The predicted octanol–water partition coefficient (Wildman–Crippen LogP) is 5.90. The number of aryl methyl sites for hydroxylation is 1. The van der Waals surface area contributed by atoms with Gasteiger partial charge in [-0.05, 0) is 37.3 Å². The van der Waals surface area contributed by atoms with E-state index in [1.807, 2.05) is 91.9 Å². The summed E-state index contributed by atoms with van der Waals surface area (Å²) < 4.78 is 0. The lowest BCUT2D eigenvalue weighted by atomic mass is 10.2. The molecule has 0 unspecified atom stereocenters. The maximum absolute atomic E-state index is 6.20. The van der Waals surface area contributed by atoms with Crippen molar-refractivity contribution in [1.82, 2.24) is 10.4 Å². The van der Waals surface area contributed by atoms with E-state index in [0.29, 0.717) is 16.6 Å². The molecule has 0 fully saturated rings. The van der Waals surface area contributed by atoms with E-state index in [0.717, 1.165) is 22.2 Å². The summed E-state index contributed by atoms with van der Waals surface area (Å²) in [5.41, 5.74) is 7.47. The molecule has 29 heavy (non-hydrogen) atoms. The Balaban J connectivity index is 1.70. The summed E-state index contributed by atoms with van der Waals surface area (Å²) in [7, 11) is 0. The Morgan fingerprint density at radius 1 is 0.897 bits per heavy atom. The van der Waals surface area contributed by atoms with Crippen molar-refractivity contribution in [2.45, 2.75) is 6.92 Å². The van der Waals surface area contributed by atoms with Crippen molar-refractivity contribution in [3.63, 3.8) is 0 Å². The number of aliphatic imine (C=N–C) groups is 1. The van der Waals surface area contributed by atoms with Crippen molar-refractivity contribution >= 4 is 40.2 Å². The summed E-state index contributed by atoms with van der Waals surface area (Å²) in [6, 6.07) is 27.5. The van der Waals surface area contributed by atoms with E-state index >= 15 is 0 Å². The van der Waals surface area contributed by atoms with Crippen LogP contribution in [0.1, 0.15) is 16.8 Å². The molecule has 0 saturated carbocycles. The number of aromatic nitrogens is 1. The zero-order valence-corrected chi connectivity index (χ0v) is 16.6. The minimum atomic E-state index is 0.558. The molecule has 3 aromatic carbocycles. The number of nitrogens with zero attached hydrogens (tertiary/aromatic N) is 3. The normalized spacial score (nSPS) is 11.9. The molecular weight excluding hydrogens is 380 g/mol. The van der Waals surface area contributed by atoms with Gasteiger partial charge in [-0.1, -0.05) is 71.8 Å². The van der Waals surface area contributed by atoms with Crippen molar-refractivity contribution in [2.75, 3.05) is 0 Å². The van der Waals surface area contributed by atoms with Crippen molar-refractivity contribution in [2.24, 2.45) is 10.1 Å². The molecule has 0 amide bonds. The number of pyridine rings is 1. The largest absolute Gasteiger partial charge is 0.260 e. The van der Waals surface area contributed by atoms with Crippen LogP contribution in [0.4, 0.5) is 5.69 Å². The molecular formula is C24H19ClN4. The van der Waals surface area contributed by atoms with Gasteiger partial charge < -0.3 is 0 Å². The lowest BCUT2D eigenvalue weighted by molar-refractivity contribution is 1.02. The van der Waals surface area contributed by atoms with Crippen LogP contribution in [0.3, 0.4) is 0 Å². The molecule has 4 rings (SSSR count). The van der Waals surface area contributed by atoms with Crippen LogP contribution in [0.5, 0.6) is 0 Å². The van der Waals surface area contributed by atoms with Gasteiger partial charge in [0.05, 0.1) is 17.4 Å². The number of para-hydroxylation sites is 1. The highest BCUT2D eigenvalue weighted by Crippen LogP contribution is 2.17. The number of halogens is 1. The molecule has 1 aromatic heterocycles. The van der Waals surface area contributed by atoms with Crippen LogP contribution >= 0.6 is 11.6 Å². The molecule has 4 nitrogen and oxygen atoms in total. The standard InChI is InChI=1S/C24H19ClN4/c1-17-10-13-20(14-11-17)27-24(29-26-16-19-7-2-4-8-21(19)25)23-15-12-18-6-3-5-9-22(18)28-23/h2-16H,1H3,(H,27,29). The van der Waals surface area contributed by atoms with Crippen LogP contribution in [0.2, 0.25) is 5.02 Å². The fraction of sp³-hybridized carbons (Fsp3) is 0.0417. The molecule has 4 aromatic rings. The van der Waals surface area contributed by atoms with Crippen LogP contribution < -0.4 is 5.43 Å². The van der Waals surface area contributed by atoms with Crippen molar-refractivity contribution in [1.29, 1.82) is 0 Å². The Morgan fingerprint density at radius 3 is 2.48 bits per heavy atom. The topological polar surface area (TPSA) is 49.6 Å². The number of amidine groups is 1. The predicted molar refractivity (Wildman–Crippen MR) is 121 cm³/mol. The first-order chi connectivity index (χ1) is 14.2. The van der Waals surface area contributed by atoms with Gasteiger partial charge in [-0.25, -0.2) is 9.98 Å². The number of fused-ring (bicyclic) bond motifs is 1. The molecule has 0 aliphatic carbocycles. The number of hydrogen-bond acceptors (Lipinski definition) is 3. The Bertz CT molecular complexity index is 1200. The van der Waals surface area contributed by atoms with E-state index in [4.69, 9.17) is 21.6 Å². The van der Waals surface area contributed by atoms with Crippen LogP contribution in [-0.2, 0) is 0 Å². The van der Waals surface area contributed by atoms with E-state index in [1.54, 1.807) is 6.21 Å². The average Bonchev–Trinajstić information content (AvgIpc) is 2.75. The van der Waals surface area contributed by atoms with Gasteiger partial charge in [-0.15, -0.1) is 0 Å². The molecule has 0 saturated heterocycles. The van der Waals surface area contributed by atoms with Crippen LogP contribution in [0.15, 0.2) is 95.0 Å². The van der Waals surface area contributed by atoms with Gasteiger partial charge in [-0.3, -0.25) is 5.43 Å². The Morgan fingerprint density at radius 2 is 1.66 bits per heavy atom. The minimum absolute atomic E-state index is 0.558. The van der Waals surface area contributed by atoms with Crippen LogP contribution in [0, 0.1) is 6.92 Å². The summed E-state index contributed by atoms with van der Waals surface area (Å²) in [5, 5.41) is 6.06. The zero-order valence-electron chi connectivity index (χ0n) is 15.9. The second kappa shape index (κ2) is 8.67. The maximum atomic E-state index is 6.20.